The first-order chi connectivity index (χ1) is 14.1. The lowest BCUT2D eigenvalue weighted by Crippen LogP contribution is -2.46. The van der Waals surface area contributed by atoms with Crippen LogP contribution < -0.4 is 26.8 Å². The molecule has 0 fully saturated rings. The maximum Gasteiger partial charge on any atom is 0.326 e. The largest absolute Gasteiger partial charge is 0.480 e. The van der Waals surface area contributed by atoms with E-state index in [1.54, 1.807) is 12.1 Å². The van der Waals surface area contributed by atoms with Gasteiger partial charge in [0.2, 0.25) is 0 Å². The van der Waals surface area contributed by atoms with Gasteiger partial charge in [0.25, 0.3) is 15.9 Å². The number of carbonyl (C=O) groups excluding carboxylic acids is 1. The number of amides is 1. The molecule has 0 aliphatic heterocycles. The molecular formula is C17H22BrN5O5S2. The van der Waals surface area contributed by atoms with Crippen LogP contribution in [0.1, 0.15) is 22.5 Å². The van der Waals surface area contributed by atoms with Crippen molar-refractivity contribution in [1.82, 2.24) is 10.6 Å². The van der Waals surface area contributed by atoms with Crippen LogP contribution in [0.5, 0.6) is 0 Å². The van der Waals surface area contributed by atoms with E-state index in [-0.39, 0.29) is 21.9 Å². The van der Waals surface area contributed by atoms with Gasteiger partial charge in [0.1, 0.15) is 17.2 Å². The molecule has 1 heterocycles. The third kappa shape index (κ3) is 7.04. The van der Waals surface area contributed by atoms with Crippen LogP contribution in [0.4, 0.5) is 5.69 Å². The van der Waals surface area contributed by atoms with Gasteiger partial charge >= 0.3 is 5.97 Å². The van der Waals surface area contributed by atoms with Crippen molar-refractivity contribution in [3.63, 3.8) is 0 Å². The minimum Gasteiger partial charge on any atom is -0.480 e. The van der Waals surface area contributed by atoms with Crippen molar-refractivity contribution < 1.29 is 23.1 Å². The van der Waals surface area contributed by atoms with Crippen molar-refractivity contribution in [1.29, 1.82) is 0 Å². The number of hydrogen-bond acceptors (Lipinski definition) is 8. The number of sulfonamides is 1. The lowest BCUT2D eigenvalue weighted by atomic mass is 10.1. The van der Waals surface area contributed by atoms with Crippen LogP contribution in [-0.4, -0.2) is 44.3 Å². The Labute approximate surface area is 186 Å². The van der Waals surface area contributed by atoms with Crippen LogP contribution in [-0.2, 0) is 14.8 Å². The van der Waals surface area contributed by atoms with Gasteiger partial charge in [0.05, 0.1) is 10.6 Å². The van der Waals surface area contributed by atoms with E-state index in [2.05, 4.69) is 31.3 Å². The Bertz CT molecular complexity index is 979. The molecule has 8 N–H and O–H groups in total. The molecule has 164 valence electrons. The highest BCUT2D eigenvalue weighted by Crippen LogP contribution is 2.26. The Morgan fingerprint density at radius 2 is 1.83 bits per heavy atom. The third-order valence-corrected chi connectivity index (χ3v) is 6.72. The first-order valence-corrected chi connectivity index (χ1v) is 11.9. The SMILES string of the molecule is NC(N)NCCC[C@H](NC(=O)c1sccc1NS(=O)(=O)c1ccc(Br)cc1)C(=O)O. The molecule has 1 aromatic heterocycles. The van der Waals surface area contributed by atoms with Crippen LogP contribution in [0.25, 0.3) is 0 Å². The van der Waals surface area contributed by atoms with E-state index < -0.39 is 34.2 Å². The molecule has 0 saturated carbocycles. The first kappa shape index (κ1) is 24.2. The summed E-state index contributed by atoms with van der Waals surface area (Å²) in [7, 11) is -3.92. The van der Waals surface area contributed by atoms with Crippen molar-refractivity contribution in [2.75, 3.05) is 11.3 Å². The van der Waals surface area contributed by atoms with Gasteiger partial charge < -0.3 is 21.9 Å². The maximum atomic E-state index is 12.6. The summed E-state index contributed by atoms with van der Waals surface area (Å²) in [6.45, 7) is 0.383. The Kier molecular flexibility index (Phi) is 8.76. The molecule has 2 rings (SSSR count). The summed E-state index contributed by atoms with van der Waals surface area (Å²) >= 11 is 4.23. The molecule has 1 amide bonds. The standard InChI is InChI=1S/C17H22BrN5O5S2/c18-10-3-5-11(6-4-10)30(27,28)23-12-7-9-29-14(12)15(24)22-13(16(25)26)2-1-8-21-17(19)20/h3-7,9,13,17,21,23H,1-2,8,19-20H2,(H,22,24)(H,25,26)/t13-/m0/s1. The van der Waals surface area contributed by atoms with E-state index in [1.807, 2.05) is 0 Å². The molecule has 0 unspecified atom stereocenters. The molecule has 0 saturated heterocycles. The second-order valence-corrected chi connectivity index (χ2v) is 9.72. The summed E-state index contributed by atoms with van der Waals surface area (Å²) < 4.78 is 28.2. The molecule has 1 atom stereocenters. The quantitative estimate of drug-likeness (QED) is 0.188. The van der Waals surface area contributed by atoms with E-state index in [0.717, 1.165) is 15.8 Å². The molecule has 1 aromatic carbocycles. The molecule has 13 heteroatoms. The van der Waals surface area contributed by atoms with Crippen LogP contribution in [0.2, 0.25) is 0 Å². The van der Waals surface area contributed by atoms with E-state index in [9.17, 15) is 23.1 Å². The fourth-order valence-corrected chi connectivity index (χ4v) is 4.59. The van der Waals surface area contributed by atoms with Gasteiger partial charge in [-0.15, -0.1) is 11.3 Å². The summed E-state index contributed by atoms with van der Waals surface area (Å²) in [6, 6.07) is 6.30. The zero-order valence-electron chi connectivity index (χ0n) is 15.7. The van der Waals surface area contributed by atoms with Gasteiger partial charge in [-0.2, -0.15) is 0 Å². The van der Waals surface area contributed by atoms with Crippen LogP contribution in [0.15, 0.2) is 45.1 Å². The summed E-state index contributed by atoms with van der Waals surface area (Å²) in [5.41, 5.74) is 10.8. The van der Waals surface area contributed by atoms with Crippen LogP contribution in [0.3, 0.4) is 0 Å². The molecule has 2 aromatic rings. The zero-order chi connectivity index (χ0) is 22.3. The Hall–Kier alpha value is -2.03. The molecule has 30 heavy (non-hydrogen) atoms. The molecule has 0 aliphatic rings. The number of nitrogens with one attached hydrogen (secondary N) is 3. The second kappa shape index (κ2) is 10.8. The van der Waals surface area contributed by atoms with E-state index >= 15 is 0 Å². The number of anilines is 1. The number of carboxylic acid groups (broad SMARTS) is 1. The predicted molar refractivity (Wildman–Crippen MR) is 118 cm³/mol. The van der Waals surface area contributed by atoms with E-state index in [1.165, 1.54) is 23.6 Å². The first-order valence-electron chi connectivity index (χ1n) is 8.74. The number of carbonyl (C=O) groups is 2. The van der Waals surface area contributed by atoms with E-state index in [0.29, 0.717) is 13.0 Å². The minimum atomic E-state index is -3.92. The molecule has 0 aliphatic carbocycles. The van der Waals surface area contributed by atoms with Crippen LogP contribution >= 0.6 is 27.3 Å². The lowest BCUT2D eigenvalue weighted by Gasteiger charge is -2.16. The molecular weight excluding hydrogens is 498 g/mol. The fraction of sp³-hybridized carbons (Fsp3) is 0.294. The number of halogens is 1. The van der Waals surface area contributed by atoms with Gasteiger partial charge in [-0.1, -0.05) is 15.9 Å². The lowest BCUT2D eigenvalue weighted by molar-refractivity contribution is -0.139. The van der Waals surface area contributed by atoms with Crippen LogP contribution in [0, 0.1) is 0 Å². The molecule has 0 bridgehead atoms. The monoisotopic (exact) mass is 519 g/mol. The highest BCUT2D eigenvalue weighted by Gasteiger charge is 2.24. The average molecular weight is 520 g/mol. The smallest absolute Gasteiger partial charge is 0.326 e. The summed E-state index contributed by atoms with van der Waals surface area (Å²) in [4.78, 5) is 24.1. The van der Waals surface area contributed by atoms with Gasteiger partial charge in [-0.25, -0.2) is 13.2 Å². The van der Waals surface area contributed by atoms with Gasteiger partial charge in [0, 0.05) is 4.47 Å². The molecule has 10 nitrogen and oxygen atoms in total. The van der Waals surface area contributed by atoms with Crippen molar-refractivity contribution in [3.05, 3.63) is 45.1 Å². The Balaban J connectivity index is 2.07. The van der Waals surface area contributed by atoms with E-state index in [4.69, 9.17) is 11.5 Å². The number of carboxylic acids is 1. The van der Waals surface area contributed by atoms with Gasteiger partial charge in [-0.05, 0) is 55.1 Å². The predicted octanol–water partition coefficient (Wildman–Crippen LogP) is 1.07. The van der Waals surface area contributed by atoms with Gasteiger partial charge in [0.15, 0.2) is 0 Å². The third-order valence-electron chi connectivity index (χ3n) is 3.89. The van der Waals surface area contributed by atoms with Crippen molar-refractivity contribution in [2.24, 2.45) is 11.5 Å². The summed E-state index contributed by atoms with van der Waals surface area (Å²) in [6.07, 6.45) is -0.155. The summed E-state index contributed by atoms with van der Waals surface area (Å²) in [5.74, 6) is -1.89. The number of rotatable bonds is 11. The van der Waals surface area contributed by atoms with Crippen molar-refractivity contribution in [3.8, 4) is 0 Å². The Morgan fingerprint density at radius 3 is 2.43 bits per heavy atom. The van der Waals surface area contributed by atoms with Gasteiger partial charge in [-0.3, -0.25) is 14.8 Å². The highest BCUT2D eigenvalue weighted by molar-refractivity contribution is 9.10. The highest BCUT2D eigenvalue weighted by atomic mass is 79.9. The number of aliphatic carboxylic acids is 1. The second-order valence-electron chi connectivity index (χ2n) is 6.21. The van der Waals surface area contributed by atoms with Crippen molar-refractivity contribution in [2.45, 2.75) is 30.1 Å². The normalized spacial score (nSPS) is 12.5. The number of hydrogen-bond donors (Lipinski definition) is 6. The zero-order valence-corrected chi connectivity index (χ0v) is 18.9. The summed E-state index contributed by atoms with van der Waals surface area (Å²) in [5, 5.41) is 16.1. The molecule has 0 radical (unpaired) electrons. The topological polar surface area (TPSA) is 177 Å². The molecule has 0 spiro atoms. The average Bonchev–Trinajstić information content (AvgIpc) is 3.11. The Morgan fingerprint density at radius 1 is 1.17 bits per heavy atom. The maximum absolute atomic E-state index is 12.6. The minimum absolute atomic E-state index is 0.0253. The van der Waals surface area contributed by atoms with Crippen molar-refractivity contribution >= 4 is 54.9 Å². The fourth-order valence-electron chi connectivity index (χ4n) is 2.44. The number of benzene rings is 1. The number of nitrogens with two attached hydrogens (primary N) is 2. The number of thiophene rings is 1.